The Balaban J connectivity index is 1.48. The number of aryl methyl sites for hydroxylation is 1. The summed E-state index contributed by atoms with van der Waals surface area (Å²) in [4.78, 5) is 36.6. The highest BCUT2D eigenvalue weighted by molar-refractivity contribution is 8.18. The van der Waals surface area contributed by atoms with Gasteiger partial charge in [-0.25, -0.2) is 0 Å². The van der Waals surface area contributed by atoms with Gasteiger partial charge in [0.2, 0.25) is 0 Å². The number of imide groups is 1. The number of rotatable bonds is 7. The van der Waals surface area contributed by atoms with Crippen LogP contribution in [0.4, 0.5) is 10.5 Å². The number of nitro groups is 1. The maximum Gasteiger partial charge on any atom is 0.339 e. The molecule has 3 aromatic rings. The Morgan fingerprint density at radius 1 is 1.03 bits per heavy atom. The molecular formula is C24H16Cl2N2O7S2. The second-order valence-electron chi connectivity index (χ2n) is 7.83. The normalized spacial score (nSPS) is 14.9. The van der Waals surface area contributed by atoms with E-state index in [0.29, 0.717) is 26.7 Å². The molecule has 0 bridgehead atoms. The van der Waals surface area contributed by atoms with Gasteiger partial charge in [0.25, 0.3) is 16.8 Å². The number of nitrogens with zero attached hydrogens (tertiary/aromatic N) is 2. The largest absolute Gasteiger partial charge is 0.379 e. The van der Waals surface area contributed by atoms with Gasteiger partial charge in [0, 0.05) is 11.6 Å². The lowest BCUT2D eigenvalue weighted by Gasteiger charge is -2.12. The van der Waals surface area contributed by atoms with Crippen molar-refractivity contribution in [3.8, 4) is 5.75 Å². The third-order valence-corrected chi connectivity index (χ3v) is 8.14. The summed E-state index contributed by atoms with van der Waals surface area (Å²) in [6, 6.07) is 14.1. The van der Waals surface area contributed by atoms with E-state index in [1.54, 1.807) is 18.2 Å². The van der Waals surface area contributed by atoms with E-state index in [-0.39, 0.29) is 27.8 Å². The minimum absolute atomic E-state index is 0.0285. The van der Waals surface area contributed by atoms with E-state index in [1.807, 2.05) is 0 Å². The zero-order chi connectivity index (χ0) is 26.9. The summed E-state index contributed by atoms with van der Waals surface area (Å²) in [6.07, 6.45) is 1.50. The van der Waals surface area contributed by atoms with Crippen LogP contribution in [0.5, 0.6) is 5.75 Å². The van der Waals surface area contributed by atoms with Gasteiger partial charge in [-0.2, -0.15) is 8.42 Å². The summed E-state index contributed by atoms with van der Waals surface area (Å²) in [5.74, 6) is -0.516. The molecule has 9 nitrogen and oxygen atoms in total. The Hall–Kier alpha value is -3.38. The molecule has 0 N–H and O–H groups in total. The van der Waals surface area contributed by atoms with Gasteiger partial charge in [0.05, 0.1) is 26.4 Å². The lowest BCUT2D eigenvalue weighted by molar-refractivity contribution is -0.385. The van der Waals surface area contributed by atoms with Gasteiger partial charge in [-0.1, -0.05) is 47.5 Å². The fraction of sp³-hybridized carbons (Fsp3) is 0.0833. The number of carbonyl (C=O) groups is 2. The highest BCUT2D eigenvalue weighted by atomic mass is 35.5. The molecule has 1 fully saturated rings. The minimum atomic E-state index is -4.33. The van der Waals surface area contributed by atoms with Crippen LogP contribution < -0.4 is 4.18 Å². The van der Waals surface area contributed by atoms with E-state index < -0.39 is 26.2 Å². The van der Waals surface area contributed by atoms with Gasteiger partial charge in [-0.05, 0) is 66.2 Å². The van der Waals surface area contributed by atoms with E-state index in [4.69, 9.17) is 27.4 Å². The highest BCUT2D eigenvalue weighted by Crippen LogP contribution is 2.34. The molecule has 13 heteroatoms. The average molecular weight is 579 g/mol. The Morgan fingerprint density at radius 3 is 2.38 bits per heavy atom. The number of amides is 2. The Kier molecular flexibility index (Phi) is 7.60. The number of halogens is 2. The van der Waals surface area contributed by atoms with Crippen molar-refractivity contribution in [3.63, 3.8) is 0 Å². The number of hydrogen-bond acceptors (Lipinski definition) is 8. The van der Waals surface area contributed by atoms with Crippen LogP contribution in [0.2, 0.25) is 10.0 Å². The van der Waals surface area contributed by atoms with E-state index in [0.717, 1.165) is 22.7 Å². The van der Waals surface area contributed by atoms with Crippen molar-refractivity contribution in [2.45, 2.75) is 18.4 Å². The second-order valence-corrected chi connectivity index (χ2v) is 11.2. The summed E-state index contributed by atoms with van der Waals surface area (Å²) < 4.78 is 30.3. The standard InChI is InChI=1S/C24H16Cl2N2O7S2/c1-14-2-8-18(12-21(14)28(31)32)37(33,34)35-17-6-3-15(4-7-17)11-22-23(29)27(24(30)36-22)13-16-5-9-19(25)20(26)10-16/h2-12H,13H2,1H3/b22-11-. The van der Waals surface area contributed by atoms with Crippen molar-refractivity contribution < 1.29 is 27.1 Å². The summed E-state index contributed by atoms with van der Waals surface area (Å²) in [5, 5.41) is 11.4. The molecule has 1 aliphatic heterocycles. The van der Waals surface area contributed by atoms with Crippen LogP contribution in [0.3, 0.4) is 0 Å². The van der Waals surface area contributed by atoms with Crippen LogP contribution >= 0.6 is 35.0 Å². The Bertz CT molecular complexity index is 1570. The molecule has 0 atom stereocenters. The quantitative estimate of drug-likeness (QED) is 0.140. The Labute approximate surface area is 225 Å². The molecule has 0 saturated carbocycles. The maximum absolute atomic E-state index is 12.8. The highest BCUT2D eigenvalue weighted by Gasteiger charge is 2.35. The number of benzene rings is 3. The van der Waals surface area contributed by atoms with Crippen LogP contribution in [-0.4, -0.2) is 29.4 Å². The molecule has 190 valence electrons. The fourth-order valence-electron chi connectivity index (χ4n) is 3.34. The van der Waals surface area contributed by atoms with Crippen molar-refractivity contribution in [1.29, 1.82) is 0 Å². The molecule has 3 aromatic carbocycles. The van der Waals surface area contributed by atoms with Crippen molar-refractivity contribution in [2.24, 2.45) is 0 Å². The predicted molar refractivity (Wildman–Crippen MR) is 140 cm³/mol. The van der Waals surface area contributed by atoms with Gasteiger partial charge >= 0.3 is 10.1 Å². The first-order chi connectivity index (χ1) is 17.4. The molecule has 0 spiro atoms. The van der Waals surface area contributed by atoms with Crippen LogP contribution in [0.1, 0.15) is 16.7 Å². The maximum atomic E-state index is 12.8. The molecule has 0 radical (unpaired) electrons. The molecule has 0 unspecified atom stereocenters. The number of thioether (sulfide) groups is 1. The first kappa shape index (κ1) is 26.7. The van der Waals surface area contributed by atoms with Gasteiger partial charge in [0.1, 0.15) is 10.6 Å². The van der Waals surface area contributed by atoms with Gasteiger partial charge in [0.15, 0.2) is 0 Å². The summed E-state index contributed by atoms with van der Waals surface area (Å²) in [7, 11) is -4.33. The molecule has 0 aromatic heterocycles. The summed E-state index contributed by atoms with van der Waals surface area (Å²) >= 11 is 12.7. The van der Waals surface area contributed by atoms with Crippen LogP contribution in [0, 0.1) is 17.0 Å². The van der Waals surface area contributed by atoms with Gasteiger partial charge in [-0.15, -0.1) is 0 Å². The molecule has 1 saturated heterocycles. The monoisotopic (exact) mass is 578 g/mol. The SMILES string of the molecule is Cc1ccc(S(=O)(=O)Oc2ccc(/C=C3\SC(=O)N(Cc4ccc(Cl)c(Cl)c4)C3=O)cc2)cc1[N+](=O)[O-]. The van der Waals surface area contributed by atoms with Crippen molar-refractivity contribution in [2.75, 3.05) is 0 Å². The van der Waals surface area contributed by atoms with Crippen LogP contribution in [0.25, 0.3) is 6.08 Å². The lowest BCUT2D eigenvalue weighted by Crippen LogP contribution is -2.27. The molecule has 4 rings (SSSR count). The van der Waals surface area contributed by atoms with E-state index >= 15 is 0 Å². The van der Waals surface area contributed by atoms with Crippen LogP contribution in [0.15, 0.2) is 70.5 Å². The average Bonchev–Trinajstić information content (AvgIpc) is 3.09. The van der Waals surface area contributed by atoms with Gasteiger partial charge < -0.3 is 4.18 Å². The number of hydrogen-bond donors (Lipinski definition) is 0. The Morgan fingerprint density at radius 2 is 1.73 bits per heavy atom. The zero-order valence-electron chi connectivity index (χ0n) is 18.9. The lowest BCUT2D eigenvalue weighted by atomic mass is 10.2. The zero-order valence-corrected chi connectivity index (χ0v) is 22.0. The van der Waals surface area contributed by atoms with Crippen molar-refractivity contribution >= 4 is 68.0 Å². The van der Waals surface area contributed by atoms with Gasteiger partial charge in [-0.3, -0.25) is 24.6 Å². The van der Waals surface area contributed by atoms with Crippen molar-refractivity contribution in [3.05, 3.63) is 102 Å². The van der Waals surface area contributed by atoms with E-state index in [2.05, 4.69) is 0 Å². The first-order valence-electron chi connectivity index (χ1n) is 10.4. The van der Waals surface area contributed by atoms with Crippen molar-refractivity contribution in [1.82, 2.24) is 4.90 Å². The fourth-order valence-corrected chi connectivity index (χ4v) is 5.45. The molecule has 1 aliphatic rings. The number of nitro benzene ring substituents is 1. The predicted octanol–water partition coefficient (Wildman–Crippen LogP) is 6.21. The molecule has 0 aliphatic carbocycles. The first-order valence-corrected chi connectivity index (χ1v) is 13.4. The third kappa shape index (κ3) is 5.96. The van der Waals surface area contributed by atoms with E-state index in [9.17, 15) is 28.1 Å². The third-order valence-electron chi connectivity index (χ3n) is 5.25. The molecular weight excluding hydrogens is 563 g/mol. The minimum Gasteiger partial charge on any atom is -0.379 e. The number of carbonyl (C=O) groups excluding carboxylic acids is 2. The van der Waals surface area contributed by atoms with E-state index in [1.165, 1.54) is 49.4 Å². The summed E-state index contributed by atoms with van der Waals surface area (Å²) in [6.45, 7) is 1.52. The molecule has 1 heterocycles. The molecule has 2 amide bonds. The molecule has 37 heavy (non-hydrogen) atoms. The smallest absolute Gasteiger partial charge is 0.339 e. The topological polar surface area (TPSA) is 124 Å². The second kappa shape index (κ2) is 10.5. The summed E-state index contributed by atoms with van der Waals surface area (Å²) in [5.41, 5.74) is 1.14. The van der Waals surface area contributed by atoms with Crippen LogP contribution in [-0.2, 0) is 21.5 Å².